The first-order valence-electron chi connectivity index (χ1n) is 8.88. The van der Waals surface area contributed by atoms with E-state index in [1.807, 2.05) is 56.3 Å². The molecule has 138 valence electrons. The summed E-state index contributed by atoms with van der Waals surface area (Å²) in [5.74, 6) is 0.693. The van der Waals surface area contributed by atoms with E-state index < -0.39 is 0 Å². The number of guanidine groups is 1. The van der Waals surface area contributed by atoms with Crippen LogP contribution in [0.5, 0.6) is 0 Å². The summed E-state index contributed by atoms with van der Waals surface area (Å²) in [5.41, 5.74) is 3.72. The maximum Gasteiger partial charge on any atom is 0.251 e. The zero-order chi connectivity index (χ0) is 18.8. The third-order valence-corrected chi connectivity index (χ3v) is 3.81. The van der Waals surface area contributed by atoms with Crippen LogP contribution in [0.25, 0.3) is 0 Å². The monoisotopic (exact) mass is 353 g/mol. The number of benzene rings is 1. The number of aryl methyl sites for hydroxylation is 1. The molecule has 0 radical (unpaired) electrons. The SMILES string of the molecule is CCNC(=NCc1cccc(C)n1)NCCc1cccc(C(=O)NC)c1. The van der Waals surface area contributed by atoms with Crippen LogP contribution in [0.3, 0.4) is 0 Å². The van der Waals surface area contributed by atoms with Crippen LogP contribution in [-0.4, -0.2) is 37.0 Å². The number of hydrogen-bond donors (Lipinski definition) is 3. The van der Waals surface area contributed by atoms with E-state index in [0.29, 0.717) is 12.1 Å². The lowest BCUT2D eigenvalue weighted by Gasteiger charge is -2.11. The highest BCUT2D eigenvalue weighted by Gasteiger charge is 2.04. The molecule has 1 aromatic heterocycles. The second-order valence-electron chi connectivity index (χ2n) is 5.92. The highest BCUT2D eigenvalue weighted by atomic mass is 16.1. The minimum Gasteiger partial charge on any atom is -0.357 e. The Balaban J connectivity index is 1.92. The Labute approximate surface area is 155 Å². The first kappa shape index (κ1) is 19.4. The maximum atomic E-state index is 11.7. The molecule has 0 aliphatic carbocycles. The summed E-state index contributed by atoms with van der Waals surface area (Å²) in [6.45, 7) is 6.06. The normalized spacial score (nSPS) is 11.1. The van der Waals surface area contributed by atoms with Crippen molar-refractivity contribution in [2.75, 3.05) is 20.1 Å². The van der Waals surface area contributed by atoms with Crippen molar-refractivity contribution in [2.24, 2.45) is 4.99 Å². The molecule has 0 aliphatic rings. The van der Waals surface area contributed by atoms with E-state index in [9.17, 15) is 4.79 Å². The molecule has 6 heteroatoms. The van der Waals surface area contributed by atoms with Gasteiger partial charge in [-0.3, -0.25) is 9.78 Å². The number of carbonyl (C=O) groups is 1. The van der Waals surface area contributed by atoms with Gasteiger partial charge in [-0.15, -0.1) is 0 Å². The van der Waals surface area contributed by atoms with Crippen molar-refractivity contribution in [1.29, 1.82) is 0 Å². The van der Waals surface area contributed by atoms with E-state index in [4.69, 9.17) is 0 Å². The zero-order valence-electron chi connectivity index (χ0n) is 15.7. The van der Waals surface area contributed by atoms with Gasteiger partial charge in [-0.1, -0.05) is 18.2 Å². The average Bonchev–Trinajstić information content (AvgIpc) is 2.66. The third kappa shape index (κ3) is 6.20. The van der Waals surface area contributed by atoms with Gasteiger partial charge in [0, 0.05) is 31.4 Å². The topological polar surface area (TPSA) is 78.4 Å². The summed E-state index contributed by atoms with van der Waals surface area (Å²) in [4.78, 5) is 20.8. The number of hydrogen-bond acceptors (Lipinski definition) is 3. The number of nitrogens with zero attached hydrogens (tertiary/aromatic N) is 2. The smallest absolute Gasteiger partial charge is 0.251 e. The summed E-state index contributed by atoms with van der Waals surface area (Å²) in [6, 6.07) is 13.6. The highest BCUT2D eigenvalue weighted by molar-refractivity contribution is 5.94. The van der Waals surface area contributed by atoms with Gasteiger partial charge in [0.15, 0.2) is 5.96 Å². The molecule has 2 rings (SSSR count). The van der Waals surface area contributed by atoms with E-state index in [1.54, 1.807) is 7.05 Å². The number of nitrogens with one attached hydrogen (secondary N) is 3. The first-order chi connectivity index (χ1) is 12.6. The molecule has 3 N–H and O–H groups in total. The average molecular weight is 353 g/mol. The van der Waals surface area contributed by atoms with Crippen LogP contribution in [0, 0.1) is 6.92 Å². The van der Waals surface area contributed by atoms with E-state index in [-0.39, 0.29) is 5.91 Å². The Kier molecular flexibility index (Phi) is 7.61. The van der Waals surface area contributed by atoms with Gasteiger partial charge in [-0.25, -0.2) is 4.99 Å². The Morgan fingerprint density at radius 2 is 1.96 bits per heavy atom. The van der Waals surface area contributed by atoms with E-state index in [0.717, 1.165) is 42.4 Å². The number of aliphatic imine (C=N–C) groups is 1. The van der Waals surface area contributed by atoms with Gasteiger partial charge in [0.25, 0.3) is 5.91 Å². The molecule has 0 bridgehead atoms. The van der Waals surface area contributed by atoms with Crippen molar-refractivity contribution in [3.05, 3.63) is 65.0 Å². The van der Waals surface area contributed by atoms with Crippen molar-refractivity contribution in [2.45, 2.75) is 26.8 Å². The van der Waals surface area contributed by atoms with Crippen molar-refractivity contribution in [1.82, 2.24) is 20.9 Å². The number of rotatable bonds is 7. The minimum atomic E-state index is -0.0691. The Morgan fingerprint density at radius 3 is 2.69 bits per heavy atom. The second kappa shape index (κ2) is 10.2. The summed E-state index contributed by atoms with van der Waals surface area (Å²) >= 11 is 0. The summed E-state index contributed by atoms with van der Waals surface area (Å²) in [6.07, 6.45) is 0.804. The highest BCUT2D eigenvalue weighted by Crippen LogP contribution is 2.06. The van der Waals surface area contributed by atoms with Crippen LogP contribution >= 0.6 is 0 Å². The Hall–Kier alpha value is -2.89. The van der Waals surface area contributed by atoms with Crippen LogP contribution in [0.15, 0.2) is 47.5 Å². The lowest BCUT2D eigenvalue weighted by atomic mass is 10.1. The Morgan fingerprint density at radius 1 is 1.15 bits per heavy atom. The van der Waals surface area contributed by atoms with Crippen LogP contribution < -0.4 is 16.0 Å². The van der Waals surface area contributed by atoms with Crippen LogP contribution in [0.4, 0.5) is 0 Å². The second-order valence-corrected chi connectivity index (χ2v) is 5.92. The molecule has 1 heterocycles. The molecular weight excluding hydrogens is 326 g/mol. The fourth-order valence-corrected chi connectivity index (χ4v) is 2.53. The van der Waals surface area contributed by atoms with Gasteiger partial charge in [-0.2, -0.15) is 0 Å². The van der Waals surface area contributed by atoms with Crippen molar-refractivity contribution < 1.29 is 4.79 Å². The summed E-state index contributed by atoms with van der Waals surface area (Å²) in [7, 11) is 1.64. The molecule has 6 nitrogen and oxygen atoms in total. The summed E-state index contributed by atoms with van der Waals surface area (Å²) in [5, 5.41) is 9.21. The number of carbonyl (C=O) groups excluding carboxylic acids is 1. The van der Waals surface area contributed by atoms with Gasteiger partial charge < -0.3 is 16.0 Å². The molecule has 0 unspecified atom stereocenters. The van der Waals surface area contributed by atoms with Gasteiger partial charge >= 0.3 is 0 Å². The first-order valence-corrected chi connectivity index (χ1v) is 8.88. The van der Waals surface area contributed by atoms with Gasteiger partial charge in [-0.05, 0) is 50.1 Å². The third-order valence-electron chi connectivity index (χ3n) is 3.81. The Bertz CT molecular complexity index is 757. The lowest BCUT2D eigenvalue weighted by Crippen LogP contribution is -2.38. The standard InChI is InChI=1S/C20H27N5O/c1-4-22-20(24-14-18-10-5-7-15(2)25-18)23-12-11-16-8-6-9-17(13-16)19(26)21-3/h5-10,13H,4,11-12,14H2,1-3H3,(H,21,26)(H2,22,23,24). The molecule has 0 spiro atoms. The number of aromatic nitrogens is 1. The van der Waals surface area contributed by atoms with Crippen LogP contribution in [-0.2, 0) is 13.0 Å². The van der Waals surface area contributed by atoms with Crippen molar-refractivity contribution in [3.63, 3.8) is 0 Å². The van der Waals surface area contributed by atoms with Crippen LogP contribution in [0.1, 0.15) is 34.2 Å². The molecule has 0 saturated heterocycles. The van der Waals surface area contributed by atoms with Crippen molar-refractivity contribution in [3.8, 4) is 0 Å². The van der Waals surface area contributed by atoms with Crippen LogP contribution in [0.2, 0.25) is 0 Å². The molecule has 2 aromatic rings. The predicted octanol–water partition coefficient (Wildman–Crippen LogP) is 2.05. The number of pyridine rings is 1. The maximum absolute atomic E-state index is 11.7. The quantitative estimate of drug-likeness (QED) is 0.526. The van der Waals surface area contributed by atoms with E-state index in [2.05, 4.69) is 25.9 Å². The molecular formula is C20H27N5O. The lowest BCUT2D eigenvalue weighted by molar-refractivity contribution is 0.0963. The predicted molar refractivity (Wildman–Crippen MR) is 105 cm³/mol. The molecule has 0 aliphatic heterocycles. The number of amides is 1. The minimum absolute atomic E-state index is 0.0691. The fraction of sp³-hybridized carbons (Fsp3) is 0.350. The largest absolute Gasteiger partial charge is 0.357 e. The molecule has 1 amide bonds. The zero-order valence-corrected chi connectivity index (χ0v) is 15.7. The molecule has 0 saturated carbocycles. The van der Waals surface area contributed by atoms with Gasteiger partial charge in [0.2, 0.25) is 0 Å². The molecule has 26 heavy (non-hydrogen) atoms. The van der Waals surface area contributed by atoms with E-state index >= 15 is 0 Å². The van der Waals surface area contributed by atoms with Crippen molar-refractivity contribution >= 4 is 11.9 Å². The van der Waals surface area contributed by atoms with E-state index in [1.165, 1.54) is 0 Å². The fourth-order valence-electron chi connectivity index (χ4n) is 2.53. The van der Waals surface area contributed by atoms with Gasteiger partial charge in [0.1, 0.15) is 0 Å². The molecule has 0 fully saturated rings. The summed E-state index contributed by atoms with van der Waals surface area (Å²) < 4.78 is 0. The molecule has 0 atom stereocenters. The molecule has 1 aromatic carbocycles. The van der Waals surface area contributed by atoms with Gasteiger partial charge in [0.05, 0.1) is 12.2 Å².